The van der Waals surface area contributed by atoms with Crippen molar-refractivity contribution in [1.82, 2.24) is 4.90 Å². The third-order valence-electron chi connectivity index (χ3n) is 4.72. The zero-order chi connectivity index (χ0) is 23.4. The zero-order valence-electron chi connectivity index (χ0n) is 19.6. The molecule has 0 aliphatic rings. The Kier molecular flexibility index (Phi) is 40.0. The smallest absolute Gasteiger partial charge is 0.263 e. The molecule has 1 radical (unpaired) electrons. The fourth-order valence-corrected chi connectivity index (χ4v) is 4.74. The van der Waals surface area contributed by atoms with Gasteiger partial charge in [-0.05, 0) is 63.2 Å². The van der Waals surface area contributed by atoms with Gasteiger partial charge in [0.15, 0.2) is 0 Å². The fraction of sp³-hybridized carbons (Fsp3) is 0.913. The first kappa shape index (κ1) is 37.5. The quantitative estimate of drug-likeness (QED) is 0.136. The maximum absolute atomic E-state index is 10.2. The molecular formula is C23H43N2O2S4Tc-3. The van der Waals surface area contributed by atoms with Crippen LogP contribution in [0.25, 0.3) is 4.85 Å². The summed E-state index contributed by atoms with van der Waals surface area (Å²) in [6.07, 6.45) is 13.7. The maximum Gasteiger partial charge on any atom is 0.263 e. The molecule has 0 N–H and O–H groups in total. The molecule has 0 unspecified atom stereocenters. The molecule has 0 saturated carbocycles. The van der Waals surface area contributed by atoms with Gasteiger partial charge in [-0.15, -0.1) is 0 Å². The largest absolute Gasteiger partial charge is 0.791 e. The molecule has 0 aromatic heterocycles. The number of carboxylic acids is 1. The van der Waals surface area contributed by atoms with Crippen molar-refractivity contribution in [1.29, 1.82) is 0 Å². The number of nitrogens with zero attached hydrogens (tertiary/aromatic N) is 2. The molecule has 0 spiro atoms. The number of thioether (sulfide) groups is 1. The van der Waals surface area contributed by atoms with Gasteiger partial charge < -0.3 is 52.7 Å². The number of hydrogen-bond donors (Lipinski definition) is 0. The summed E-state index contributed by atoms with van der Waals surface area (Å²) in [5, 5.41) is 10.2. The van der Waals surface area contributed by atoms with Gasteiger partial charge in [-0.25, -0.2) is 0 Å². The van der Waals surface area contributed by atoms with Crippen molar-refractivity contribution in [3.63, 3.8) is 0 Å². The summed E-state index contributed by atoms with van der Waals surface area (Å²) in [7, 11) is 0. The van der Waals surface area contributed by atoms with Crippen LogP contribution in [0.1, 0.15) is 77.0 Å². The number of hydrogen-bond acceptors (Lipinski definition) is 7. The topological polar surface area (TPSA) is 47.7 Å². The van der Waals surface area contributed by atoms with E-state index in [0.29, 0.717) is 0 Å². The molecular weight excluding hydrogens is 563 g/mol. The van der Waals surface area contributed by atoms with Crippen molar-refractivity contribution in [3.05, 3.63) is 4.85 Å². The van der Waals surface area contributed by atoms with Crippen LogP contribution in [0.5, 0.6) is 0 Å². The van der Waals surface area contributed by atoms with Gasteiger partial charge in [-0.1, -0.05) is 43.4 Å². The number of carboxylic acid groups (broad SMARTS) is 1. The summed E-state index contributed by atoms with van der Waals surface area (Å²) < 4.78 is 0. The van der Waals surface area contributed by atoms with Crippen molar-refractivity contribution < 1.29 is 30.0 Å². The van der Waals surface area contributed by atoms with Gasteiger partial charge >= 0.3 is 0 Å². The van der Waals surface area contributed by atoms with Crippen molar-refractivity contribution in [2.75, 3.05) is 54.9 Å². The Bertz CT molecular complexity index is 402. The van der Waals surface area contributed by atoms with Crippen LogP contribution in [-0.4, -0.2) is 65.8 Å². The summed E-state index contributed by atoms with van der Waals surface area (Å²) >= 11 is 16.5. The number of carbonyl (C=O) groups is 1. The molecule has 0 heterocycles. The Hall–Kier alpha value is 0.969. The van der Waals surface area contributed by atoms with Crippen LogP contribution in [-0.2, 0) is 62.8 Å². The third kappa shape index (κ3) is 35.6. The van der Waals surface area contributed by atoms with Gasteiger partial charge in [-0.2, -0.15) is 29.0 Å². The molecule has 4 nitrogen and oxygen atoms in total. The van der Waals surface area contributed by atoms with Crippen LogP contribution in [0, 0.1) is 6.57 Å². The van der Waals surface area contributed by atoms with Crippen molar-refractivity contribution >= 4 is 55.6 Å². The van der Waals surface area contributed by atoms with E-state index in [1.807, 2.05) is 11.8 Å². The van der Waals surface area contributed by atoms with E-state index in [2.05, 4.69) is 9.74 Å². The Balaban J connectivity index is -0.000000646. The van der Waals surface area contributed by atoms with Crippen molar-refractivity contribution in [3.8, 4) is 6.57 Å². The second-order valence-electron chi connectivity index (χ2n) is 7.48. The van der Waals surface area contributed by atoms with Gasteiger partial charge in [0.2, 0.25) is 0 Å². The van der Waals surface area contributed by atoms with Gasteiger partial charge in [0, 0.05) is 32.5 Å². The molecule has 0 aliphatic carbocycles. The average Bonchev–Trinajstić information content (AvgIpc) is 2.74. The van der Waals surface area contributed by atoms with E-state index < -0.39 is 5.97 Å². The Morgan fingerprint density at radius 2 is 1.16 bits per heavy atom. The second-order valence-corrected chi connectivity index (χ2v) is 9.93. The summed E-state index contributed by atoms with van der Waals surface area (Å²) in [6.45, 7) is 8.79. The second kappa shape index (κ2) is 34.1. The Labute approximate surface area is 232 Å². The fourth-order valence-electron chi connectivity index (χ4n) is 2.94. The molecule has 0 fully saturated rings. The van der Waals surface area contributed by atoms with Crippen LogP contribution in [0.4, 0.5) is 0 Å². The maximum atomic E-state index is 10.2. The molecule has 0 bridgehead atoms. The minimum absolute atomic E-state index is 0. The van der Waals surface area contributed by atoms with E-state index in [-0.39, 0.29) is 26.5 Å². The minimum atomic E-state index is -0.922. The predicted molar refractivity (Wildman–Crippen MR) is 144 cm³/mol. The van der Waals surface area contributed by atoms with Crippen molar-refractivity contribution in [2.24, 2.45) is 0 Å². The molecule has 0 aliphatic heterocycles. The molecule has 0 aromatic rings. The molecule has 0 atom stereocenters. The van der Waals surface area contributed by atoms with E-state index in [0.717, 1.165) is 68.5 Å². The van der Waals surface area contributed by atoms with Crippen LogP contribution >= 0.6 is 11.8 Å². The number of aliphatic carboxylic acids is 1. The van der Waals surface area contributed by atoms with Crippen LogP contribution in [0.15, 0.2) is 0 Å². The molecule has 0 rings (SSSR count). The molecule has 191 valence electrons. The van der Waals surface area contributed by atoms with Crippen LogP contribution in [0.2, 0.25) is 0 Å². The molecule has 9 heteroatoms. The minimum Gasteiger partial charge on any atom is -0.791 e. The van der Waals surface area contributed by atoms with Crippen LogP contribution < -0.4 is 5.11 Å². The third-order valence-corrected chi connectivity index (χ3v) is 6.42. The van der Waals surface area contributed by atoms with Gasteiger partial charge in [0.25, 0.3) is 13.1 Å². The van der Waals surface area contributed by atoms with Gasteiger partial charge in [0.1, 0.15) is 0 Å². The summed E-state index contributed by atoms with van der Waals surface area (Å²) in [6, 6.07) is 0. The zero-order valence-corrected chi connectivity index (χ0v) is 24.8. The van der Waals surface area contributed by atoms with Gasteiger partial charge in [0.05, 0.1) is 0 Å². The summed E-state index contributed by atoms with van der Waals surface area (Å²) in [5.41, 5.74) is 0. The first-order valence-corrected chi connectivity index (χ1v) is 14.6. The van der Waals surface area contributed by atoms with Crippen molar-refractivity contribution in [2.45, 2.75) is 77.0 Å². The molecule has 0 aromatic carbocycles. The normalized spacial score (nSPS) is 10.2. The predicted octanol–water partition coefficient (Wildman–Crippen LogP) is 4.04. The Morgan fingerprint density at radius 3 is 1.56 bits per heavy atom. The molecule has 0 saturated heterocycles. The molecule has 0 amide bonds. The Morgan fingerprint density at radius 1 is 0.750 bits per heavy atom. The monoisotopic (exact) mass is 606 g/mol. The van der Waals surface area contributed by atoms with E-state index in [9.17, 15) is 9.90 Å². The van der Waals surface area contributed by atoms with E-state index in [4.69, 9.17) is 44.5 Å². The first-order chi connectivity index (χ1) is 15.1. The molecule has 32 heavy (non-hydrogen) atoms. The summed E-state index contributed by atoms with van der Waals surface area (Å²) in [5.74, 6) is 3.73. The first-order valence-electron chi connectivity index (χ1n) is 11.7. The van der Waals surface area contributed by atoms with Gasteiger partial charge in [-0.3, -0.25) is 0 Å². The van der Waals surface area contributed by atoms with E-state index in [1.165, 1.54) is 57.1 Å². The number of unbranched alkanes of at least 4 members (excludes halogenated alkanes) is 9. The number of carbonyl (C=O) groups excluding carboxylic acids is 1. The van der Waals surface area contributed by atoms with Crippen LogP contribution in [0.3, 0.4) is 0 Å². The standard InChI is InChI=1S/C17H31NO2S.C6H15NS3.Tc/c1-18-14-10-7-5-3-2-4-6-8-11-15-21-16-12-9-13-17(19)20;8-4-1-7(2-5-9)3-6-10;/h1H,2-16H2;8-10H,1-6H2;/p-3/i;;1+1. The van der Waals surface area contributed by atoms with E-state index >= 15 is 0 Å². The average molecular weight is 607 g/mol. The van der Waals surface area contributed by atoms with E-state index in [1.54, 1.807) is 0 Å². The summed E-state index contributed by atoms with van der Waals surface area (Å²) in [4.78, 5) is 16.1. The number of rotatable bonds is 22. The SMILES string of the molecule is C#[N+]CCCCCCCCCCCSCCCCC(=O)[O-].[99Tc].[S-]CCN(CC[S-])CC[S-].